The van der Waals surface area contributed by atoms with Crippen molar-refractivity contribution in [3.05, 3.63) is 76.9 Å². The van der Waals surface area contributed by atoms with Crippen molar-refractivity contribution in [1.82, 2.24) is 14.8 Å². The van der Waals surface area contributed by atoms with Gasteiger partial charge in [-0.25, -0.2) is 0 Å². The van der Waals surface area contributed by atoms with E-state index in [1.54, 1.807) is 6.08 Å². The normalized spacial score (nSPS) is 12.6. The Morgan fingerprint density at radius 1 is 1.22 bits per heavy atom. The van der Waals surface area contributed by atoms with Crippen molar-refractivity contribution in [3.63, 3.8) is 0 Å². The third kappa shape index (κ3) is 5.01. The molecular weight excluding hydrogens is 490 g/mol. The number of hydrogen-bond acceptors (Lipinski definition) is 7. The zero-order valence-corrected chi connectivity index (χ0v) is 21.3. The summed E-state index contributed by atoms with van der Waals surface area (Å²) in [6.07, 6.45) is 5.88. The van der Waals surface area contributed by atoms with E-state index in [2.05, 4.69) is 28.2 Å². The predicted octanol–water partition coefficient (Wildman–Crippen LogP) is 5.74. The van der Waals surface area contributed by atoms with E-state index in [1.165, 1.54) is 28.0 Å². The first kappa shape index (κ1) is 24.1. The SMILES string of the molecule is C=CCn1c(COc2cccc3ccccc23)nnc1SCC(=O)Nc1sc2c(c1C#N)CCCC2. The number of aromatic nitrogens is 3. The van der Waals surface area contributed by atoms with Gasteiger partial charge in [0.25, 0.3) is 0 Å². The van der Waals surface area contributed by atoms with Crippen LogP contribution >= 0.6 is 23.1 Å². The number of thiophene rings is 1. The lowest BCUT2D eigenvalue weighted by Crippen LogP contribution is -2.15. The first-order valence-electron chi connectivity index (χ1n) is 11.8. The summed E-state index contributed by atoms with van der Waals surface area (Å²) in [7, 11) is 0. The second-order valence-electron chi connectivity index (χ2n) is 8.43. The molecule has 7 nitrogen and oxygen atoms in total. The second-order valence-corrected chi connectivity index (χ2v) is 10.5. The summed E-state index contributed by atoms with van der Waals surface area (Å²) in [6.45, 7) is 4.59. The van der Waals surface area contributed by atoms with Crippen LogP contribution in [0.1, 0.15) is 34.7 Å². The Hall–Kier alpha value is -3.61. The number of amides is 1. The summed E-state index contributed by atoms with van der Waals surface area (Å²) in [6, 6.07) is 16.3. The molecule has 2 heterocycles. The van der Waals surface area contributed by atoms with E-state index in [9.17, 15) is 10.1 Å². The number of ether oxygens (including phenoxy) is 1. The molecule has 1 aliphatic rings. The Morgan fingerprint density at radius 2 is 2.06 bits per heavy atom. The first-order chi connectivity index (χ1) is 17.7. The van der Waals surface area contributed by atoms with Gasteiger partial charge in [0.2, 0.25) is 5.91 Å². The number of nitriles is 1. The van der Waals surface area contributed by atoms with Crippen LogP contribution in [0.25, 0.3) is 10.8 Å². The van der Waals surface area contributed by atoms with Gasteiger partial charge in [0.15, 0.2) is 11.0 Å². The van der Waals surface area contributed by atoms with Crippen LogP contribution in [0.15, 0.2) is 60.3 Å². The highest BCUT2D eigenvalue weighted by Gasteiger charge is 2.22. The predicted molar refractivity (Wildman–Crippen MR) is 144 cm³/mol. The summed E-state index contributed by atoms with van der Waals surface area (Å²) in [4.78, 5) is 14.0. The Balaban J connectivity index is 1.25. The Bertz CT molecular complexity index is 1460. The smallest absolute Gasteiger partial charge is 0.235 e. The van der Waals surface area contributed by atoms with Gasteiger partial charge in [0.05, 0.1) is 11.3 Å². The topological polar surface area (TPSA) is 92.8 Å². The molecule has 1 N–H and O–H groups in total. The third-order valence-electron chi connectivity index (χ3n) is 6.08. The Morgan fingerprint density at radius 3 is 2.92 bits per heavy atom. The van der Waals surface area contributed by atoms with Crippen molar-refractivity contribution in [2.75, 3.05) is 11.1 Å². The lowest BCUT2D eigenvalue weighted by molar-refractivity contribution is -0.113. The number of thioether (sulfide) groups is 1. The number of aryl methyl sites for hydroxylation is 1. The molecule has 36 heavy (non-hydrogen) atoms. The summed E-state index contributed by atoms with van der Waals surface area (Å²) >= 11 is 2.83. The van der Waals surface area contributed by atoms with Crippen LogP contribution in [0.5, 0.6) is 5.75 Å². The van der Waals surface area contributed by atoms with Crippen LogP contribution in [0.3, 0.4) is 0 Å². The number of hydrogen-bond donors (Lipinski definition) is 1. The zero-order valence-electron chi connectivity index (χ0n) is 19.7. The van der Waals surface area contributed by atoms with Gasteiger partial charge in [-0.1, -0.05) is 54.2 Å². The minimum absolute atomic E-state index is 0.160. The lowest BCUT2D eigenvalue weighted by Gasteiger charge is -2.11. The number of carbonyl (C=O) groups excluding carboxylic acids is 1. The van der Waals surface area contributed by atoms with Crippen LogP contribution in [0.2, 0.25) is 0 Å². The molecule has 2 aromatic carbocycles. The van der Waals surface area contributed by atoms with Crippen molar-refractivity contribution in [1.29, 1.82) is 5.26 Å². The maximum Gasteiger partial charge on any atom is 0.235 e. The number of nitrogens with one attached hydrogen (secondary N) is 1. The van der Waals surface area contributed by atoms with Gasteiger partial charge < -0.3 is 10.1 Å². The van der Waals surface area contributed by atoms with Crippen LogP contribution in [0, 0.1) is 11.3 Å². The molecule has 5 rings (SSSR count). The van der Waals surface area contributed by atoms with Crippen LogP contribution in [0.4, 0.5) is 5.00 Å². The molecule has 1 amide bonds. The molecule has 9 heteroatoms. The zero-order chi connectivity index (χ0) is 24.9. The third-order valence-corrected chi connectivity index (χ3v) is 8.25. The highest BCUT2D eigenvalue weighted by Crippen LogP contribution is 2.37. The van der Waals surface area contributed by atoms with Gasteiger partial charge in [-0.05, 0) is 42.7 Å². The van der Waals surface area contributed by atoms with Crippen molar-refractivity contribution in [3.8, 4) is 11.8 Å². The number of anilines is 1. The van der Waals surface area contributed by atoms with Crippen LogP contribution in [-0.4, -0.2) is 26.4 Å². The number of benzene rings is 2. The summed E-state index contributed by atoms with van der Waals surface area (Å²) in [5.74, 6) is 1.43. The van der Waals surface area contributed by atoms with Gasteiger partial charge in [-0.15, -0.1) is 28.1 Å². The first-order valence-corrected chi connectivity index (χ1v) is 13.6. The molecule has 182 valence electrons. The highest BCUT2D eigenvalue weighted by atomic mass is 32.2. The maximum absolute atomic E-state index is 12.7. The lowest BCUT2D eigenvalue weighted by atomic mass is 9.96. The quantitative estimate of drug-likeness (QED) is 0.226. The molecule has 0 aliphatic heterocycles. The minimum atomic E-state index is -0.170. The van der Waals surface area contributed by atoms with E-state index >= 15 is 0 Å². The molecule has 0 saturated carbocycles. The largest absolute Gasteiger partial charge is 0.485 e. The Labute approximate surface area is 217 Å². The van der Waals surface area contributed by atoms with E-state index in [-0.39, 0.29) is 18.3 Å². The average Bonchev–Trinajstić information content (AvgIpc) is 3.46. The van der Waals surface area contributed by atoms with Crippen molar-refractivity contribution in [2.24, 2.45) is 0 Å². The van der Waals surface area contributed by atoms with E-state index < -0.39 is 0 Å². The molecule has 0 unspecified atom stereocenters. The van der Waals surface area contributed by atoms with E-state index in [1.807, 2.05) is 47.0 Å². The molecule has 0 atom stereocenters. The second kappa shape index (κ2) is 11.0. The molecular formula is C27H25N5O2S2. The molecule has 0 radical (unpaired) electrons. The van der Waals surface area contributed by atoms with Gasteiger partial charge in [-0.3, -0.25) is 9.36 Å². The molecule has 0 saturated heterocycles. The van der Waals surface area contributed by atoms with Crippen molar-refractivity contribution < 1.29 is 9.53 Å². The summed E-state index contributed by atoms with van der Waals surface area (Å²) in [5, 5.41) is 24.6. The minimum Gasteiger partial charge on any atom is -0.485 e. The molecule has 2 aromatic heterocycles. The fourth-order valence-corrected chi connectivity index (χ4v) is 6.40. The maximum atomic E-state index is 12.7. The Kier molecular flexibility index (Phi) is 7.35. The number of rotatable bonds is 9. The molecule has 0 spiro atoms. The molecule has 0 fully saturated rings. The van der Waals surface area contributed by atoms with Crippen molar-refractivity contribution in [2.45, 2.75) is 44.0 Å². The van der Waals surface area contributed by atoms with E-state index in [0.29, 0.717) is 28.1 Å². The van der Waals surface area contributed by atoms with Gasteiger partial charge in [0.1, 0.15) is 23.4 Å². The number of fused-ring (bicyclic) bond motifs is 2. The number of nitrogens with zero attached hydrogens (tertiary/aromatic N) is 4. The average molecular weight is 516 g/mol. The van der Waals surface area contributed by atoms with Gasteiger partial charge >= 0.3 is 0 Å². The summed E-state index contributed by atoms with van der Waals surface area (Å²) in [5.41, 5.74) is 1.73. The number of carbonyl (C=O) groups is 1. The van der Waals surface area contributed by atoms with Crippen molar-refractivity contribution >= 4 is 44.8 Å². The van der Waals surface area contributed by atoms with E-state index in [4.69, 9.17) is 4.74 Å². The highest BCUT2D eigenvalue weighted by molar-refractivity contribution is 7.99. The standard InChI is InChI=1S/C27H25N5O2S2/c1-2-14-32-24(16-34-22-12-7-9-18-8-3-4-10-19(18)22)30-31-27(32)35-17-25(33)29-26-21(15-28)20-11-5-6-13-23(20)36-26/h2-4,7-10,12H,1,5-6,11,13-14,16-17H2,(H,29,33). The van der Waals surface area contributed by atoms with Gasteiger partial charge in [0, 0.05) is 16.8 Å². The van der Waals surface area contributed by atoms with Crippen LogP contribution in [-0.2, 0) is 30.8 Å². The number of allylic oxidation sites excluding steroid dienone is 1. The monoisotopic (exact) mass is 515 g/mol. The fourth-order valence-electron chi connectivity index (χ4n) is 4.37. The van der Waals surface area contributed by atoms with Gasteiger partial charge in [-0.2, -0.15) is 5.26 Å². The molecule has 4 aromatic rings. The van der Waals surface area contributed by atoms with Crippen LogP contribution < -0.4 is 10.1 Å². The fraction of sp³-hybridized carbons (Fsp3) is 0.259. The summed E-state index contributed by atoms with van der Waals surface area (Å²) < 4.78 is 8.00. The van der Waals surface area contributed by atoms with E-state index in [0.717, 1.165) is 47.8 Å². The molecule has 0 bridgehead atoms. The molecule has 1 aliphatic carbocycles.